The van der Waals surface area contributed by atoms with Crippen LogP contribution in [0.4, 0.5) is 37.7 Å². The molecule has 41 heavy (non-hydrogen) atoms. The van der Waals surface area contributed by atoms with Crippen LogP contribution in [-0.2, 0) is 16.2 Å². The molecule has 3 aromatic carbocycles. The van der Waals surface area contributed by atoms with Crippen molar-refractivity contribution in [3.63, 3.8) is 0 Å². The molecule has 2 heterocycles. The minimum Gasteiger partial charge on any atom is -0.435 e. The predicted octanol–water partition coefficient (Wildman–Crippen LogP) is 5.06. The second-order valence-electron chi connectivity index (χ2n) is 9.45. The van der Waals surface area contributed by atoms with Crippen LogP contribution >= 0.6 is 12.2 Å². The fourth-order valence-electron chi connectivity index (χ4n) is 5.05. The van der Waals surface area contributed by atoms with Gasteiger partial charge in [-0.15, -0.1) is 0 Å². The van der Waals surface area contributed by atoms with Crippen molar-refractivity contribution in [1.82, 2.24) is 4.90 Å². The number of alkyl halides is 5. The van der Waals surface area contributed by atoms with Crippen molar-refractivity contribution in [2.24, 2.45) is 5.73 Å². The van der Waals surface area contributed by atoms with Gasteiger partial charge in [-0.1, -0.05) is 12.1 Å². The van der Waals surface area contributed by atoms with E-state index in [1.807, 2.05) is 4.90 Å². The quantitative estimate of drug-likeness (QED) is 0.318. The second-order valence-corrected chi connectivity index (χ2v) is 11.7. The third-order valence-electron chi connectivity index (χ3n) is 6.90. The minimum atomic E-state index is -4.77. The van der Waals surface area contributed by atoms with E-state index in [0.717, 1.165) is 34.6 Å². The molecule has 2 aliphatic rings. The average Bonchev–Trinajstić information content (AvgIpc) is 2.90. The highest BCUT2D eigenvalue weighted by atomic mass is 32.2. The molecule has 1 saturated heterocycles. The van der Waals surface area contributed by atoms with Gasteiger partial charge >= 0.3 is 12.8 Å². The van der Waals surface area contributed by atoms with E-state index in [2.05, 4.69) is 4.74 Å². The van der Waals surface area contributed by atoms with Crippen molar-refractivity contribution in [2.45, 2.75) is 23.7 Å². The van der Waals surface area contributed by atoms with E-state index in [9.17, 15) is 34.8 Å². The van der Waals surface area contributed by atoms with Crippen LogP contribution in [0.15, 0.2) is 65.6 Å². The molecule has 0 spiro atoms. The second kappa shape index (κ2) is 10.6. The maximum absolute atomic E-state index is 14.3. The van der Waals surface area contributed by atoms with Gasteiger partial charge in [0.1, 0.15) is 11.6 Å². The Morgan fingerprint density at radius 3 is 2.41 bits per heavy atom. The number of nitrogens with two attached hydrogens (primary N) is 1. The first-order chi connectivity index (χ1) is 19.2. The third-order valence-corrected chi connectivity index (χ3v) is 8.94. The third kappa shape index (κ3) is 5.73. The standard InChI is InChI=1S/C26H22F6N4O3S2/c27-18-8-16(9-20(12-18)39-24(28)29)15-4-5-22-23(10-15)36(14-19-13-34(25(33)40)6-7-35(19)22)41(37,38)21-3-1-2-17(11-21)26(30,31)32/h1-5,8-12,19,24H,6-7,13-14H2,(H2,33,40)/t19-/m0/s1. The number of nitrogens with zero attached hydrogens (tertiary/aromatic N) is 3. The normalized spacial score (nSPS) is 17.3. The van der Waals surface area contributed by atoms with E-state index >= 15 is 0 Å². The molecule has 0 unspecified atom stereocenters. The molecule has 1 atom stereocenters. The molecule has 0 bridgehead atoms. The average molecular weight is 617 g/mol. The summed E-state index contributed by atoms with van der Waals surface area (Å²) in [6.45, 7) is -2.22. The predicted molar refractivity (Wildman–Crippen MR) is 144 cm³/mol. The Bertz CT molecular complexity index is 1600. The summed E-state index contributed by atoms with van der Waals surface area (Å²) in [5.74, 6) is -1.30. The molecule has 1 fully saturated rings. The molecular formula is C26H22F6N4O3S2. The Kier molecular flexibility index (Phi) is 7.44. The number of thiocarbonyl (C=S) groups is 1. The first-order valence-electron chi connectivity index (χ1n) is 12.1. The van der Waals surface area contributed by atoms with Crippen molar-refractivity contribution in [3.05, 3.63) is 72.0 Å². The number of anilines is 2. The monoisotopic (exact) mass is 616 g/mol. The van der Waals surface area contributed by atoms with Crippen molar-refractivity contribution in [3.8, 4) is 16.9 Å². The van der Waals surface area contributed by atoms with Crippen LogP contribution in [-0.4, -0.2) is 57.3 Å². The van der Waals surface area contributed by atoms with Gasteiger partial charge in [-0.2, -0.15) is 22.0 Å². The summed E-state index contributed by atoms with van der Waals surface area (Å²) in [4.78, 5) is 3.09. The van der Waals surface area contributed by atoms with Crippen molar-refractivity contribution >= 4 is 38.7 Å². The number of ether oxygens (including phenoxy) is 1. The van der Waals surface area contributed by atoms with Crippen LogP contribution in [0.1, 0.15) is 5.56 Å². The largest absolute Gasteiger partial charge is 0.435 e. The number of fused-ring (bicyclic) bond motifs is 3. The number of rotatable bonds is 5. The highest BCUT2D eigenvalue weighted by molar-refractivity contribution is 7.92. The summed E-state index contributed by atoms with van der Waals surface area (Å²) in [6.07, 6.45) is -4.77. The van der Waals surface area contributed by atoms with Gasteiger partial charge in [0.05, 0.1) is 34.4 Å². The molecule has 5 rings (SSSR count). The Morgan fingerprint density at radius 1 is 0.976 bits per heavy atom. The summed E-state index contributed by atoms with van der Waals surface area (Å²) in [5.41, 5.74) is 5.66. The van der Waals surface area contributed by atoms with E-state index in [-0.39, 0.29) is 35.0 Å². The van der Waals surface area contributed by atoms with Crippen LogP contribution in [0.25, 0.3) is 11.1 Å². The van der Waals surface area contributed by atoms with E-state index in [1.165, 1.54) is 12.1 Å². The van der Waals surface area contributed by atoms with Gasteiger partial charge in [-0.3, -0.25) is 4.31 Å². The summed E-state index contributed by atoms with van der Waals surface area (Å²) in [5, 5.41) is 0.131. The lowest BCUT2D eigenvalue weighted by atomic mass is 10.00. The van der Waals surface area contributed by atoms with E-state index in [0.29, 0.717) is 24.8 Å². The summed E-state index contributed by atoms with van der Waals surface area (Å²) in [6, 6.07) is 10.6. The molecular weight excluding hydrogens is 594 g/mol. The molecule has 0 aliphatic carbocycles. The summed E-state index contributed by atoms with van der Waals surface area (Å²) < 4.78 is 113. The molecule has 2 N–H and O–H groups in total. The zero-order valence-electron chi connectivity index (χ0n) is 21.0. The van der Waals surface area contributed by atoms with Crippen LogP contribution in [0.5, 0.6) is 5.75 Å². The van der Waals surface area contributed by atoms with Gasteiger partial charge < -0.3 is 20.3 Å². The van der Waals surface area contributed by atoms with Crippen LogP contribution in [0, 0.1) is 5.82 Å². The van der Waals surface area contributed by atoms with Gasteiger partial charge in [0.25, 0.3) is 10.0 Å². The fourth-order valence-corrected chi connectivity index (χ4v) is 6.77. The van der Waals surface area contributed by atoms with E-state index in [1.54, 1.807) is 17.0 Å². The molecule has 218 valence electrons. The molecule has 3 aromatic rings. The highest BCUT2D eigenvalue weighted by Gasteiger charge is 2.41. The smallest absolute Gasteiger partial charge is 0.416 e. The lowest BCUT2D eigenvalue weighted by Gasteiger charge is -2.49. The topological polar surface area (TPSA) is 79.1 Å². The van der Waals surface area contributed by atoms with Crippen molar-refractivity contribution in [1.29, 1.82) is 0 Å². The first-order valence-corrected chi connectivity index (χ1v) is 14.0. The summed E-state index contributed by atoms with van der Waals surface area (Å²) in [7, 11) is -4.55. The number of sulfonamides is 1. The molecule has 0 radical (unpaired) electrons. The van der Waals surface area contributed by atoms with Crippen LogP contribution < -0.4 is 19.7 Å². The SMILES string of the molecule is NC(=S)N1CCN2c3ccc(-c4cc(F)cc(OC(F)F)c4)cc3N(S(=O)(=O)c3cccc(C(F)(F)F)c3)C[C@@H]2C1. The van der Waals surface area contributed by atoms with Gasteiger partial charge in [-0.25, -0.2) is 12.8 Å². The van der Waals surface area contributed by atoms with Gasteiger partial charge in [-0.05, 0) is 65.8 Å². The lowest BCUT2D eigenvalue weighted by Crippen LogP contribution is -2.62. The van der Waals surface area contributed by atoms with Crippen LogP contribution in [0.3, 0.4) is 0 Å². The number of hydrogen-bond acceptors (Lipinski definition) is 5. The molecule has 15 heteroatoms. The minimum absolute atomic E-state index is 0.125. The zero-order valence-corrected chi connectivity index (χ0v) is 22.6. The van der Waals surface area contributed by atoms with Gasteiger partial charge in [0.15, 0.2) is 5.11 Å². The first kappa shape index (κ1) is 28.8. The maximum atomic E-state index is 14.3. The number of halogens is 6. The lowest BCUT2D eigenvalue weighted by molar-refractivity contribution is -0.137. The molecule has 0 amide bonds. The van der Waals surface area contributed by atoms with E-state index in [4.69, 9.17) is 18.0 Å². The molecule has 0 saturated carbocycles. The number of benzene rings is 3. The highest BCUT2D eigenvalue weighted by Crippen LogP contribution is 2.43. The number of piperazine rings is 1. The van der Waals surface area contributed by atoms with Crippen molar-refractivity contribution < 1.29 is 39.5 Å². The molecule has 7 nitrogen and oxygen atoms in total. The number of hydrogen-bond donors (Lipinski definition) is 1. The Hall–Kier alpha value is -3.72. The molecule has 0 aromatic heterocycles. The fraction of sp³-hybridized carbons (Fsp3) is 0.269. The summed E-state index contributed by atoms with van der Waals surface area (Å²) >= 11 is 5.09. The Balaban J connectivity index is 1.64. The Labute approximate surface area is 236 Å². The van der Waals surface area contributed by atoms with Gasteiger partial charge in [0, 0.05) is 25.7 Å². The Morgan fingerprint density at radius 2 is 1.73 bits per heavy atom. The van der Waals surface area contributed by atoms with Gasteiger partial charge in [0.2, 0.25) is 0 Å². The zero-order chi connectivity index (χ0) is 29.7. The van der Waals surface area contributed by atoms with Crippen molar-refractivity contribution in [2.75, 3.05) is 35.4 Å². The van der Waals surface area contributed by atoms with E-state index < -0.39 is 50.9 Å². The maximum Gasteiger partial charge on any atom is 0.416 e. The van der Waals surface area contributed by atoms with Crippen LogP contribution in [0.2, 0.25) is 0 Å². The molecule has 2 aliphatic heterocycles.